The fourth-order valence-corrected chi connectivity index (χ4v) is 4.16. The van der Waals surface area contributed by atoms with Crippen molar-refractivity contribution in [3.05, 3.63) is 59.7 Å². The molecule has 2 amide bonds. The van der Waals surface area contributed by atoms with Crippen molar-refractivity contribution in [2.45, 2.75) is 6.92 Å². The Kier molecular flexibility index (Phi) is 7.19. The van der Waals surface area contributed by atoms with Crippen LogP contribution in [0.25, 0.3) is 11.0 Å². The molecule has 1 saturated heterocycles. The molecule has 190 valence electrons. The van der Waals surface area contributed by atoms with Crippen LogP contribution in [0.1, 0.15) is 26.5 Å². The maximum absolute atomic E-state index is 13.0. The molecular formula is C25H28BN7O4. The van der Waals surface area contributed by atoms with Gasteiger partial charge in [0.05, 0.1) is 25.1 Å². The van der Waals surface area contributed by atoms with Gasteiger partial charge in [-0.3, -0.25) is 19.8 Å². The summed E-state index contributed by atoms with van der Waals surface area (Å²) in [6.07, 6.45) is 1.31. The van der Waals surface area contributed by atoms with E-state index in [-0.39, 0.29) is 17.3 Å². The number of aromatic nitrogens is 4. The van der Waals surface area contributed by atoms with Crippen LogP contribution in [0.15, 0.2) is 42.7 Å². The summed E-state index contributed by atoms with van der Waals surface area (Å²) in [5.41, 5.74) is 3.94. The van der Waals surface area contributed by atoms with E-state index in [1.54, 1.807) is 0 Å². The van der Waals surface area contributed by atoms with E-state index in [4.69, 9.17) is 9.47 Å². The number of carbonyl (C=O) groups excluding carboxylic acids is 2. The van der Waals surface area contributed by atoms with Crippen LogP contribution < -0.4 is 20.8 Å². The fraction of sp³-hybridized carbons (Fsp3) is 0.280. The number of aromatic amines is 2. The highest BCUT2D eigenvalue weighted by molar-refractivity contribution is 6.32. The van der Waals surface area contributed by atoms with Crippen LogP contribution in [0.5, 0.6) is 5.75 Å². The largest absolute Gasteiger partial charge is 0.490 e. The number of hydrogen-bond acceptors (Lipinski definition) is 7. The van der Waals surface area contributed by atoms with Crippen molar-refractivity contribution in [2.24, 2.45) is 0 Å². The van der Waals surface area contributed by atoms with Gasteiger partial charge in [0.15, 0.2) is 5.69 Å². The van der Waals surface area contributed by atoms with Crippen LogP contribution in [0.3, 0.4) is 0 Å². The molecule has 4 aromatic rings. The molecule has 11 nitrogen and oxygen atoms in total. The molecule has 5 rings (SSSR count). The second-order valence-corrected chi connectivity index (χ2v) is 8.89. The third-order valence-electron chi connectivity index (χ3n) is 6.20. The maximum atomic E-state index is 13.0. The molecule has 1 fully saturated rings. The van der Waals surface area contributed by atoms with E-state index in [0.29, 0.717) is 29.1 Å². The van der Waals surface area contributed by atoms with Crippen molar-refractivity contribution < 1.29 is 19.1 Å². The topological polar surface area (TPSA) is 137 Å². The Labute approximate surface area is 214 Å². The molecular weight excluding hydrogens is 473 g/mol. The molecule has 1 aliphatic rings. The number of ether oxygens (including phenoxy) is 2. The Balaban J connectivity index is 1.26. The molecule has 12 heteroatoms. The molecule has 0 aliphatic carbocycles. The number of nitrogens with zero attached hydrogens (tertiary/aromatic N) is 3. The summed E-state index contributed by atoms with van der Waals surface area (Å²) in [4.78, 5) is 42.6. The van der Waals surface area contributed by atoms with Crippen LogP contribution >= 0.6 is 0 Å². The molecule has 0 atom stereocenters. The summed E-state index contributed by atoms with van der Waals surface area (Å²) < 4.78 is 11.4. The van der Waals surface area contributed by atoms with Gasteiger partial charge in [-0.15, -0.1) is 0 Å². The van der Waals surface area contributed by atoms with Gasteiger partial charge < -0.3 is 24.8 Å². The van der Waals surface area contributed by atoms with Gasteiger partial charge in [-0.25, -0.2) is 9.97 Å². The highest BCUT2D eigenvalue weighted by Crippen LogP contribution is 2.25. The number of benzene rings is 2. The van der Waals surface area contributed by atoms with Gasteiger partial charge in [-0.05, 0) is 30.7 Å². The van der Waals surface area contributed by atoms with Crippen LogP contribution in [0.4, 0.5) is 11.6 Å². The summed E-state index contributed by atoms with van der Waals surface area (Å²) in [7, 11) is 1.94. The second-order valence-electron chi connectivity index (χ2n) is 8.89. The Morgan fingerprint density at radius 2 is 2.00 bits per heavy atom. The summed E-state index contributed by atoms with van der Waals surface area (Å²) in [6.45, 7) is 6.48. The quantitative estimate of drug-likeness (QED) is 0.265. The van der Waals surface area contributed by atoms with E-state index in [1.807, 2.05) is 51.2 Å². The van der Waals surface area contributed by atoms with Gasteiger partial charge in [0.2, 0.25) is 5.95 Å². The van der Waals surface area contributed by atoms with Crippen molar-refractivity contribution in [1.82, 2.24) is 24.8 Å². The standard InChI is InChI=1S/C25H28BN7O4/c1-15-5-6-16(26)13-18(15)29-23(34)21-22(28-14-27-21)24(35)32-25-30-17-3-2-4-19(20(17)31-25)37-12-9-33-7-10-36-11-8-33/h2-6,13-14H,7-12,26H2,1H3,(H,27,28)(H,29,34)(H2,30,31,32,35). The fourth-order valence-electron chi connectivity index (χ4n) is 4.16. The molecule has 37 heavy (non-hydrogen) atoms. The van der Waals surface area contributed by atoms with Crippen molar-refractivity contribution >= 4 is 47.8 Å². The van der Waals surface area contributed by atoms with Crippen LogP contribution in [0, 0.1) is 6.92 Å². The van der Waals surface area contributed by atoms with E-state index in [2.05, 4.69) is 35.5 Å². The molecule has 0 unspecified atom stereocenters. The minimum absolute atomic E-state index is 0.0368. The number of anilines is 2. The first kappa shape index (κ1) is 24.5. The second kappa shape index (κ2) is 10.8. The maximum Gasteiger partial charge on any atom is 0.279 e. The highest BCUT2D eigenvalue weighted by Gasteiger charge is 2.22. The molecule has 0 bridgehead atoms. The lowest BCUT2D eigenvalue weighted by Crippen LogP contribution is -2.38. The number of para-hydroxylation sites is 1. The number of rotatable bonds is 8. The Morgan fingerprint density at radius 1 is 1.16 bits per heavy atom. The Bertz CT molecular complexity index is 1430. The minimum Gasteiger partial charge on any atom is -0.490 e. The van der Waals surface area contributed by atoms with Crippen molar-refractivity contribution in [1.29, 1.82) is 0 Å². The Morgan fingerprint density at radius 3 is 2.84 bits per heavy atom. The summed E-state index contributed by atoms with van der Waals surface area (Å²) in [5.74, 6) is -0.154. The zero-order valence-electron chi connectivity index (χ0n) is 20.8. The molecule has 2 aromatic heterocycles. The number of imidazole rings is 2. The van der Waals surface area contributed by atoms with E-state index in [1.165, 1.54) is 6.33 Å². The number of morpholine rings is 1. The first-order chi connectivity index (χ1) is 18.0. The van der Waals surface area contributed by atoms with E-state index in [0.717, 1.165) is 43.9 Å². The van der Waals surface area contributed by atoms with Gasteiger partial charge >= 0.3 is 0 Å². The van der Waals surface area contributed by atoms with Crippen LogP contribution in [-0.4, -0.2) is 84.0 Å². The average Bonchev–Trinajstić information content (AvgIpc) is 3.54. The van der Waals surface area contributed by atoms with Crippen molar-refractivity contribution in [2.75, 3.05) is 50.1 Å². The number of hydrogen-bond donors (Lipinski definition) is 4. The third-order valence-corrected chi connectivity index (χ3v) is 6.20. The SMILES string of the molecule is Bc1ccc(C)c(NC(=O)c2[nH]cnc2C(=O)Nc2nc3cccc(OCCN4CCOCC4)c3[nH]2)c1. The molecule has 0 radical (unpaired) electrons. The van der Waals surface area contributed by atoms with Gasteiger partial charge in [-0.1, -0.05) is 23.7 Å². The lowest BCUT2D eigenvalue weighted by Gasteiger charge is -2.26. The number of aryl methyl sites for hydroxylation is 1. The summed E-state index contributed by atoms with van der Waals surface area (Å²) >= 11 is 0. The molecule has 1 aliphatic heterocycles. The van der Waals surface area contributed by atoms with Gasteiger partial charge in [0, 0.05) is 25.3 Å². The molecule has 4 N–H and O–H groups in total. The van der Waals surface area contributed by atoms with E-state index >= 15 is 0 Å². The lowest BCUT2D eigenvalue weighted by molar-refractivity contribution is 0.0323. The van der Waals surface area contributed by atoms with Crippen LogP contribution in [0.2, 0.25) is 0 Å². The first-order valence-corrected chi connectivity index (χ1v) is 12.1. The Hall–Kier alpha value is -4.16. The third kappa shape index (κ3) is 5.65. The first-order valence-electron chi connectivity index (χ1n) is 12.1. The molecule has 0 saturated carbocycles. The number of amides is 2. The monoisotopic (exact) mass is 501 g/mol. The summed E-state index contributed by atoms with van der Waals surface area (Å²) in [5, 5.41) is 5.55. The average molecular weight is 501 g/mol. The predicted octanol–water partition coefficient (Wildman–Crippen LogP) is 1.07. The van der Waals surface area contributed by atoms with Gasteiger partial charge in [0.25, 0.3) is 11.8 Å². The highest BCUT2D eigenvalue weighted by atomic mass is 16.5. The number of H-pyrrole nitrogens is 2. The van der Waals surface area contributed by atoms with Crippen molar-refractivity contribution in [3.63, 3.8) is 0 Å². The van der Waals surface area contributed by atoms with E-state index in [9.17, 15) is 9.59 Å². The van der Waals surface area contributed by atoms with Crippen LogP contribution in [-0.2, 0) is 4.74 Å². The normalized spacial score (nSPS) is 14.0. The smallest absolute Gasteiger partial charge is 0.279 e. The predicted molar refractivity (Wildman–Crippen MR) is 143 cm³/mol. The zero-order chi connectivity index (χ0) is 25.8. The molecule has 2 aromatic carbocycles. The molecule has 0 spiro atoms. The number of fused-ring (bicyclic) bond motifs is 1. The zero-order valence-corrected chi connectivity index (χ0v) is 20.8. The van der Waals surface area contributed by atoms with Gasteiger partial charge in [0.1, 0.15) is 31.4 Å². The van der Waals surface area contributed by atoms with Gasteiger partial charge in [-0.2, -0.15) is 0 Å². The van der Waals surface area contributed by atoms with E-state index < -0.39 is 11.8 Å². The minimum atomic E-state index is -0.568. The lowest BCUT2D eigenvalue weighted by atomic mass is 9.94. The number of carbonyl (C=O) groups is 2. The molecule has 3 heterocycles. The number of nitrogens with one attached hydrogen (secondary N) is 4. The van der Waals surface area contributed by atoms with Crippen molar-refractivity contribution in [3.8, 4) is 5.75 Å². The summed E-state index contributed by atoms with van der Waals surface area (Å²) in [6, 6.07) is 11.3.